The van der Waals surface area contributed by atoms with Crippen LogP contribution in [0, 0.1) is 0 Å². The number of imidazole rings is 1. The number of likely N-dealkylation sites (tertiary alicyclic amines) is 1. The van der Waals surface area contributed by atoms with Gasteiger partial charge in [0.1, 0.15) is 11.3 Å². The summed E-state index contributed by atoms with van der Waals surface area (Å²) in [7, 11) is 1.75. The molecule has 0 N–H and O–H groups in total. The van der Waals surface area contributed by atoms with Gasteiger partial charge in [0.25, 0.3) is 0 Å². The summed E-state index contributed by atoms with van der Waals surface area (Å²) < 4.78 is 7.45. The zero-order valence-electron chi connectivity index (χ0n) is 12.8. The minimum absolute atomic E-state index is 0.781. The van der Waals surface area contributed by atoms with E-state index in [1.807, 2.05) is 12.3 Å². The lowest BCUT2D eigenvalue weighted by molar-refractivity contribution is 0.194. The molecule has 0 unspecified atom stereocenters. The monoisotopic (exact) mass is 288 g/mol. The molecule has 0 saturated carbocycles. The average molecular weight is 288 g/mol. The van der Waals surface area contributed by atoms with E-state index >= 15 is 0 Å². The number of aryl methyl sites for hydroxylation is 1. The molecular formula is C16H24N4O. The van der Waals surface area contributed by atoms with E-state index in [4.69, 9.17) is 9.72 Å². The molecule has 1 aliphatic rings. The second-order valence-corrected chi connectivity index (χ2v) is 5.67. The number of hydrogen-bond acceptors (Lipinski definition) is 4. The fourth-order valence-electron chi connectivity index (χ4n) is 3.05. The van der Waals surface area contributed by atoms with Crippen LogP contribution in [0.2, 0.25) is 0 Å². The van der Waals surface area contributed by atoms with Crippen LogP contribution in [0.1, 0.15) is 25.1 Å². The lowest BCUT2D eigenvalue weighted by atomic mass is 10.3. The second kappa shape index (κ2) is 7.00. The van der Waals surface area contributed by atoms with Gasteiger partial charge in [0, 0.05) is 39.4 Å². The largest absolute Gasteiger partial charge is 0.385 e. The molecule has 0 bridgehead atoms. The molecule has 0 aromatic carbocycles. The highest BCUT2D eigenvalue weighted by molar-refractivity contribution is 5.71. The molecule has 0 spiro atoms. The Morgan fingerprint density at radius 3 is 2.90 bits per heavy atom. The van der Waals surface area contributed by atoms with Crippen molar-refractivity contribution in [3.63, 3.8) is 0 Å². The third kappa shape index (κ3) is 3.41. The maximum absolute atomic E-state index is 5.16. The van der Waals surface area contributed by atoms with Gasteiger partial charge in [0.2, 0.25) is 0 Å². The normalized spacial score (nSPS) is 16.0. The maximum Gasteiger partial charge on any atom is 0.160 e. The fraction of sp³-hybridized carbons (Fsp3) is 0.625. The quantitative estimate of drug-likeness (QED) is 0.732. The number of fused-ring (bicyclic) bond motifs is 1. The van der Waals surface area contributed by atoms with E-state index in [-0.39, 0.29) is 0 Å². The van der Waals surface area contributed by atoms with Gasteiger partial charge < -0.3 is 14.2 Å². The zero-order chi connectivity index (χ0) is 14.5. The summed E-state index contributed by atoms with van der Waals surface area (Å²) in [5.41, 5.74) is 2.02. The Morgan fingerprint density at radius 2 is 2.10 bits per heavy atom. The molecule has 114 valence electrons. The molecule has 0 aliphatic carbocycles. The highest BCUT2D eigenvalue weighted by Gasteiger charge is 2.15. The topological polar surface area (TPSA) is 43.2 Å². The van der Waals surface area contributed by atoms with E-state index in [9.17, 15) is 0 Å². The number of rotatable bonds is 7. The van der Waals surface area contributed by atoms with Crippen molar-refractivity contribution in [3.05, 3.63) is 24.2 Å². The van der Waals surface area contributed by atoms with E-state index in [2.05, 4.69) is 20.5 Å². The molecule has 0 amide bonds. The Bertz CT molecular complexity index is 575. The van der Waals surface area contributed by atoms with Crippen LogP contribution in [0.4, 0.5) is 0 Å². The van der Waals surface area contributed by atoms with Gasteiger partial charge in [-0.25, -0.2) is 9.97 Å². The van der Waals surface area contributed by atoms with E-state index in [1.54, 1.807) is 7.11 Å². The van der Waals surface area contributed by atoms with Gasteiger partial charge in [-0.1, -0.05) is 0 Å². The first-order valence-electron chi connectivity index (χ1n) is 7.90. The van der Waals surface area contributed by atoms with Crippen LogP contribution in [-0.2, 0) is 17.7 Å². The first kappa shape index (κ1) is 14.5. The summed E-state index contributed by atoms with van der Waals surface area (Å²) in [4.78, 5) is 11.8. The number of methoxy groups -OCH3 is 1. The molecule has 5 heteroatoms. The minimum atomic E-state index is 0.781. The van der Waals surface area contributed by atoms with Crippen LogP contribution >= 0.6 is 0 Å². The summed E-state index contributed by atoms with van der Waals surface area (Å²) >= 11 is 0. The van der Waals surface area contributed by atoms with Crippen molar-refractivity contribution in [2.24, 2.45) is 0 Å². The predicted molar refractivity (Wildman–Crippen MR) is 83.4 cm³/mol. The van der Waals surface area contributed by atoms with Crippen molar-refractivity contribution in [1.29, 1.82) is 0 Å². The molecule has 1 aliphatic heterocycles. The van der Waals surface area contributed by atoms with Crippen molar-refractivity contribution in [2.75, 3.05) is 33.4 Å². The van der Waals surface area contributed by atoms with Gasteiger partial charge in [0.15, 0.2) is 5.65 Å². The van der Waals surface area contributed by atoms with Crippen molar-refractivity contribution in [3.8, 4) is 0 Å². The summed E-state index contributed by atoms with van der Waals surface area (Å²) in [6.07, 6.45) is 6.48. The van der Waals surface area contributed by atoms with Gasteiger partial charge in [0.05, 0.1) is 0 Å². The van der Waals surface area contributed by atoms with Crippen LogP contribution in [-0.4, -0.2) is 52.8 Å². The Kier molecular flexibility index (Phi) is 4.83. The molecule has 21 heavy (non-hydrogen) atoms. The first-order chi connectivity index (χ1) is 10.4. The third-order valence-corrected chi connectivity index (χ3v) is 4.17. The maximum atomic E-state index is 5.16. The van der Waals surface area contributed by atoms with Crippen LogP contribution in [0.3, 0.4) is 0 Å². The first-order valence-corrected chi connectivity index (χ1v) is 7.90. The van der Waals surface area contributed by atoms with Gasteiger partial charge in [-0.3, -0.25) is 0 Å². The third-order valence-electron chi connectivity index (χ3n) is 4.17. The van der Waals surface area contributed by atoms with Crippen LogP contribution in [0.5, 0.6) is 0 Å². The summed E-state index contributed by atoms with van der Waals surface area (Å²) in [6.45, 7) is 5.33. The Balaban J connectivity index is 1.76. The summed E-state index contributed by atoms with van der Waals surface area (Å²) in [6, 6.07) is 4.01. The zero-order valence-corrected chi connectivity index (χ0v) is 12.8. The molecule has 5 nitrogen and oxygen atoms in total. The lowest BCUT2D eigenvalue weighted by Gasteiger charge is -2.16. The SMILES string of the molecule is COCCCc1nc2cccnc2n1CCN1CCCC1. The molecule has 3 heterocycles. The van der Waals surface area contributed by atoms with Gasteiger partial charge in [-0.05, 0) is 44.5 Å². The molecule has 2 aromatic rings. The van der Waals surface area contributed by atoms with Crippen LogP contribution in [0.25, 0.3) is 11.2 Å². The Hall–Kier alpha value is -1.46. The standard InChI is InChI=1S/C16H24N4O/c1-21-13-5-7-15-18-14-6-4-8-17-16(14)20(15)12-11-19-9-2-3-10-19/h4,6,8H,2-3,5,7,9-13H2,1H3. The molecule has 2 aromatic heterocycles. The fourth-order valence-corrected chi connectivity index (χ4v) is 3.05. The molecular weight excluding hydrogens is 264 g/mol. The smallest absolute Gasteiger partial charge is 0.160 e. The lowest BCUT2D eigenvalue weighted by Crippen LogP contribution is -2.24. The number of nitrogens with zero attached hydrogens (tertiary/aromatic N) is 4. The van der Waals surface area contributed by atoms with Crippen LogP contribution in [0.15, 0.2) is 18.3 Å². The van der Waals surface area contributed by atoms with E-state index in [0.29, 0.717) is 0 Å². The Morgan fingerprint density at radius 1 is 1.24 bits per heavy atom. The molecule has 1 saturated heterocycles. The Labute approximate surface area is 125 Å². The average Bonchev–Trinajstić information content (AvgIpc) is 3.12. The molecule has 0 radical (unpaired) electrons. The second-order valence-electron chi connectivity index (χ2n) is 5.67. The van der Waals surface area contributed by atoms with E-state index in [1.165, 1.54) is 25.9 Å². The van der Waals surface area contributed by atoms with Crippen molar-refractivity contribution >= 4 is 11.2 Å². The van der Waals surface area contributed by atoms with Gasteiger partial charge >= 0.3 is 0 Å². The van der Waals surface area contributed by atoms with Crippen molar-refractivity contribution in [2.45, 2.75) is 32.2 Å². The van der Waals surface area contributed by atoms with Crippen molar-refractivity contribution < 1.29 is 4.74 Å². The van der Waals surface area contributed by atoms with Crippen molar-refractivity contribution in [1.82, 2.24) is 19.4 Å². The number of pyridine rings is 1. The number of ether oxygens (including phenoxy) is 1. The van der Waals surface area contributed by atoms with E-state index < -0.39 is 0 Å². The van der Waals surface area contributed by atoms with E-state index in [0.717, 1.165) is 49.5 Å². The van der Waals surface area contributed by atoms with Gasteiger partial charge in [-0.15, -0.1) is 0 Å². The van der Waals surface area contributed by atoms with Crippen LogP contribution < -0.4 is 0 Å². The summed E-state index contributed by atoms with van der Waals surface area (Å²) in [5, 5.41) is 0. The van der Waals surface area contributed by atoms with Gasteiger partial charge in [-0.2, -0.15) is 0 Å². The molecule has 0 atom stereocenters. The molecule has 1 fully saturated rings. The highest BCUT2D eigenvalue weighted by atomic mass is 16.5. The minimum Gasteiger partial charge on any atom is -0.385 e. The number of hydrogen-bond donors (Lipinski definition) is 0. The summed E-state index contributed by atoms with van der Waals surface area (Å²) in [5.74, 6) is 1.14. The number of aromatic nitrogens is 3. The predicted octanol–water partition coefficient (Wildman–Crippen LogP) is 2.11. The highest BCUT2D eigenvalue weighted by Crippen LogP contribution is 2.16. The molecule has 3 rings (SSSR count).